The Hall–Kier alpha value is -3.93. The van der Waals surface area contributed by atoms with Crippen molar-refractivity contribution >= 4 is 28.2 Å². The monoisotopic (exact) mass is 438 g/mol. The molecule has 2 N–H and O–H groups in total. The number of hydrogen-bond donors (Lipinski definition) is 2. The Morgan fingerprint density at radius 2 is 1.91 bits per heavy atom. The van der Waals surface area contributed by atoms with Crippen LogP contribution in [0.15, 0.2) is 59.5 Å². The van der Waals surface area contributed by atoms with Gasteiger partial charge in [0.1, 0.15) is 0 Å². The number of amides is 1. The molecule has 0 radical (unpaired) electrons. The molecule has 0 bridgehead atoms. The third-order valence-electron chi connectivity index (χ3n) is 6.34. The fraction of sp³-hybridized carbons (Fsp3) is 0.222. The van der Waals surface area contributed by atoms with Crippen molar-refractivity contribution in [3.05, 3.63) is 87.5 Å². The Kier molecular flexibility index (Phi) is 5.21. The van der Waals surface area contributed by atoms with Gasteiger partial charge in [-0.05, 0) is 85.8 Å². The maximum absolute atomic E-state index is 13.2. The molecule has 4 aromatic rings. The smallest absolute Gasteiger partial charge is 0.258 e. The molecule has 0 atom stereocenters. The molecule has 2 aromatic carbocycles. The number of pyridine rings is 2. The minimum absolute atomic E-state index is 0.0816. The number of rotatable bonds is 3. The number of carbonyl (C=O) groups excluding carboxylic acids is 1. The molecular weight excluding hydrogens is 412 g/mol. The summed E-state index contributed by atoms with van der Waals surface area (Å²) in [5.41, 5.74) is 7.53. The first-order valence-electron chi connectivity index (χ1n) is 11.2. The van der Waals surface area contributed by atoms with Crippen LogP contribution in [0.4, 0.5) is 11.4 Å². The largest absolute Gasteiger partial charge is 0.385 e. The SMILES string of the molecule is Cc1cc2c(cn1)cc(-c1cc(NC(=O)c3ccc4c(c3)CCCN4)ccc1C)c(=O)n2C. The molecule has 0 aliphatic carbocycles. The average molecular weight is 439 g/mol. The summed E-state index contributed by atoms with van der Waals surface area (Å²) in [6.45, 7) is 4.84. The van der Waals surface area contributed by atoms with E-state index in [0.29, 0.717) is 16.8 Å². The molecule has 1 amide bonds. The first-order chi connectivity index (χ1) is 15.9. The first kappa shape index (κ1) is 20.9. The number of fused-ring (bicyclic) bond motifs is 2. The van der Waals surface area contributed by atoms with Crippen LogP contribution in [0.1, 0.15) is 33.6 Å². The van der Waals surface area contributed by atoms with Gasteiger partial charge in [-0.2, -0.15) is 0 Å². The summed E-state index contributed by atoms with van der Waals surface area (Å²) in [7, 11) is 1.78. The van der Waals surface area contributed by atoms with Crippen LogP contribution in [-0.2, 0) is 13.5 Å². The van der Waals surface area contributed by atoms with Crippen LogP contribution in [0.2, 0.25) is 0 Å². The van der Waals surface area contributed by atoms with Crippen molar-refractivity contribution in [1.29, 1.82) is 0 Å². The zero-order valence-corrected chi connectivity index (χ0v) is 19.0. The second kappa shape index (κ2) is 8.20. The van der Waals surface area contributed by atoms with E-state index in [2.05, 4.69) is 15.6 Å². The van der Waals surface area contributed by atoms with Crippen molar-refractivity contribution in [2.24, 2.45) is 7.05 Å². The van der Waals surface area contributed by atoms with Crippen molar-refractivity contribution in [3.63, 3.8) is 0 Å². The minimum Gasteiger partial charge on any atom is -0.385 e. The molecule has 2 aromatic heterocycles. The molecule has 166 valence electrons. The van der Waals surface area contributed by atoms with Crippen LogP contribution >= 0.6 is 0 Å². The number of aromatic nitrogens is 2. The van der Waals surface area contributed by atoms with E-state index in [-0.39, 0.29) is 11.5 Å². The van der Waals surface area contributed by atoms with Gasteiger partial charge >= 0.3 is 0 Å². The number of aryl methyl sites for hydroxylation is 4. The third-order valence-corrected chi connectivity index (χ3v) is 6.34. The van der Waals surface area contributed by atoms with Gasteiger partial charge in [-0.3, -0.25) is 14.6 Å². The maximum atomic E-state index is 13.2. The quantitative estimate of drug-likeness (QED) is 0.481. The second-order valence-electron chi connectivity index (χ2n) is 8.69. The number of nitrogens with zero attached hydrogens (tertiary/aromatic N) is 2. The van der Waals surface area contributed by atoms with Crippen molar-refractivity contribution < 1.29 is 4.79 Å². The van der Waals surface area contributed by atoms with Crippen molar-refractivity contribution in [1.82, 2.24) is 9.55 Å². The summed E-state index contributed by atoms with van der Waals surface area (Å²) in [5, 5.41) is 7.27. The first-order valence-corrected chi connectivity index (χ1v) is 11.2. The summed E-state index contributed by atoms with van der Waals surface area (Å²) in [6.07, 6.45) is 3.83. The standard InChI is InChI=1S/C27H26N4O2/c1-16-6-8-21(30-26(32)19-7-9-24-18(12-19)5-4-10-28-24)14-22(16)23-13-20-15-29-17(2)11-25(20)31(3)27(23)33/h6-9,11-15,28H,4-5,10H2,1-3H3,(H,30,32). The van der Waals surface area contributed by atoms with Crippen molar-refractivity contribution in [2.45, 2.75) is 26.7 Å². The van der Waals surface area contributed by atoms with E-state index in [9.17, 15) is 9.59 Å². The van der Waals surface area contributed by atoms with Gasteiger partial charge in [0.15, 0.2) is 0 Å². The summed E-state index contributed by atoms with van der Waals surface area (Å²) in [5.74, 6) is -0.163. The van der Waals surface area contributed by atoms with Gasteiger partial charge in [-0.15, -0.1) is 0 Å². The lowest BCUT2D eigenvalue weighted by molar-refractivity contribution is 0.102. The number of anilines is 2. The minimum atomic E-state index is -0.163. The number of nitrogens with one attached hydrogen (secondary N) is 2. The van der Waals surface area contributed by atoms with E-state index < -0.39 is 0 Å². The normalized spacial score (nSPS) is 12.8. The Morgan fingerprint density at radius 3 is 2.76 bits per heavy atom. The molecule has 6 heteroatoms. The number of carbonyl (C=O) groups is 1. The fourth-order valence-electron chi connectivity index (χ4n) is 4.47. The van der Waals surface area contributed by atoms with E-state index in [1.807, 2.05) is 62.4 Å². The topological polar surface area (TPSA) is 76.0 Å². The fourth-order valence-corrected chi connectivity index (χ4v) is 4.47. The number of benzene rings is 2. The van der Waals surface area contributed by atoms with E-state index in [4.69, 9.17) is 0 Å². The second-order valence-corrected chi connectivity index (χ2v) is 8.69. The molecule has 1 aliphatic rings. The van der Waals surface area contributed by atoms with Crippen molar-refractivity contribution in [2.75, 3.05) is 17.2 Å². The van der Waals surface area contributed by atoms with Crippen LogP contribution in [0.3, 0.4) is 0 Å². The van der Waals surface area contributed by atoms with Gasteiger partial charge in [0.2, 0.25) is 0 Å². The molecule has 0 spiro atoms. The summed E-state index contributed by atoms with van der Waals surface area (Å²) < 4.78 is 1.66. The van der Waals surface area contributed by atoms with Crippen molar-refractivity contribution in [3.8, 4) is 11.1 Å². The Bertz CT molecular complexity index is 1470. The molecule has 33 heavy (non-hydrogen) atoms. The highest BCUT2D eigenvalue weighted by Gasteiger charge is 2.15. The lowest BCUT2D eigenvalue weighted by atomic mass is 9.99. The van der Waals surface area contributed by atoms with E-state index >= 15 is 0 Å². The van der Waals surface area contributed by atoms with E-state index in [0.717, 1.165) is 52.8 Å². The molecule has 1 aliphatic heterocycles. The highest BCUT2D eigenvalue weighted by molar-refractivity contribution is 6.05. The molecular formula is C27H26N4O2. The molecule has 6 nitrogen and oxygen atoms in total. The Morgan fingerprint density at radius 1 is 1.06 bits per heavy atom. The molecule has 0 unspecified atom stereocenters. The molecule has 0 saturated carbocycles. The molecule has 5 rings (SSSR count). The Labute approximate surface area is 192 Å². The predicted molar refractivity (Wildman–Crippen MR) is 133 cm³/mol. The average Bonchev–Trinajstić information content (AvgIpc) is 2.82. The van der Waals surface area contributed by atoms with Gasteiger partial charge in [0.25, 0.3) is 11.5 Å². The van der Waals surface area contributed by atoms with E-state index in [1.165, 1.54) is 5.56 Å². The lowest BCUT2D eigenvalue weighted by Gasteiger charge is -2.18. The third kappa shape index (κ3) is 3.89. The summed E-state index contributed by atoms with van der Waals surface area (Å²) >= 11 is 0. The van der Waals surface area contributed by atoms with Crippen LogP contribution in [-0.4, -0.2) is 22.0 Å². The van der Waals surface area contributed by atoms with Crippen LogP contribution in [0, 0.1) is 13.8 Å². The van der Waals surface area contributed by atoms with Gasteiger partial charge in [-0.25, -0.2) is 0 Å². The van der Waals surface area contributed by atoms with Crippen LogP contribution < -0.4 is 16.2 Å². The van der Waals surface area contributed by atoms with Gasteiger partial charge in [0.05, 0.1) is 5.52 Å². The van der Waals surface area contributed by atoms with E-state index in [1.54, 1.807) is 17.8 Å². The highest BCUT2D eigenvalue weighted by atomic mass is 16.1. The van der Waals surface area contributed by atoms with Gasteiger partial charge in [-0.1, -0.05) is 6.07 Å². The Balaban J connectivity index is 1.50. The molecule has 0 fully saturated rings. The maximum Gasteiger partial charge on any atom is 0.258 e. The predicted octanol–water partition coefficient (Wildman–Crippen LogP) is 4.83. The van der Waals surface area contributed by atoms with Crippen LogP contribution in [0.5, 0.6) is 0 Å². The van der Waals surface area contributed by atoms with Gasteiger partial charge in [0, 0.05) is 53.4 Å². The zero-order chi connectivity index (χ0) is 23.1. The summed E-state index contributed by atoms with van der Waals surface area (Å²) in [6, 6.07) is 15.2. The molecule has 0 saturated heterocycles. The zero-order valence-electron chi connectivity index (χ0n) is 19.0. The molecule has 3 heterocycles. The summed E-state index contributed by atoms with van der Waals surface area (Å²) in [4.78, 5) is 30.5. The van der Waals surface area contributed by atoms with Crippen LogP contribution in [0.25, 0.3) is 22.0 Å². The van der Waals surface area contributed by atoms with Gasteiger partial charge < -0.3 is 15.2 Å². The number of hydrogen-bond acceptors (Lipinski definition) is 4. The lowest BCUT2D eigenvalue weighted by Crippen LogP contribution is -2.19. The highest BCUT2D eigenvalue weighted by Crippen LogP contribution is 2.28.